The van der Waals surface area contributed by atoms with Crippen LogP contribution < -0.4 is 9.47 Å². The smallest absolute Gasteiger partial charge is 0.487 e. The fourth-order valence-corrected chi connectivity index (χ4v) is 4.49. The van der Waals surface area contributed by atoms with Crippen molar-refractivity contribution in [1.82, 2.24) is 20.0 Å². The van der Waals surface area contributed by atoms with Gasteiger partial charge in [0, 0.05) is 34.6 Å². The first-order chi connectivity index (χ1) is 17.7. The molecule has 2 heterocycles. The van der Waals surface area contributed by atoms with Gasteiger partial charge in [-0.05, 0) is 54.0 Å². The first-order valence-corrected chi connectivity index (χ1v) is 12.6. The van der Waals surface area contributed by atoms with Crippen LogP contribution in [0.2, 0.25) is 0 Å². The van der Waals surface area contributed by atoms with Gasteiger partial charge in [-0.25, -0.2) is 4.98 Å². The van der Waals surface area contributed by atoms with Gasteiger partial charge in [0.15, 0.2) is 0 Å². The molecule has 0 fully saturated rings. The Morgan fingerprint density at radius 2 is 1.89 bits per heavy atom. The molecule has 0 N–H and O–H groups in total. The topological polar surface area (TPSA) is 92.3 Å². The lowest BCUT2D eigenvalue weighted by atomic mass is 10.1. The van der Waals surface area contributed by atoms with E-state index in [1.807, 2.05) is 25.1 Å². The van der Waals surface area contributed by atoms with E-state index in [2.05, 4.69) is 20.0 Å². The van der Waals surface area contributed by atoms with Gasteiger partial charge in [0.1, 0.15) is 30.1 Å². The molecule has 0 amide bonds. The van der Waals surface area contributed by atoms with Gasteiger partial charge < -0.3 is 13.9 Å². The van der Waals surface area contributed by atoms with Crippen LogP contribution in [0.25, 0.3) is 12.2 Å². The molecule has 0 radical (unpaired) electrons. The van der Waals surface area contributed by atoms with Gasteiger partial charge in [-0.1, -0.05) is 23.4 Å². The first kappa shape index (κ1) is 26.1. The van der Waals surface area contributed by atoms with Crippen LogP contribution in [0.4, 0.5) is 13.2 Å². The number of benzene rings is 2. The van der Waals surface area contributed by atoms with Gasteiger partial charge in [-0.2, -0.15) is 0 Å². The third kappa shape index (κ3) is 8.31. The molecule has 194 valence electrons. The maximum atomic E-state index is 12.4. The van der Waals surface area contributed by atoms with Gasteiger partial charge in [-0.15, -0.1) is 18.3 Å². The molecule has 12 heteroatoms. The van der Waals surface area contributed by atoms with E-state index in [1.54, 1.807) is 29.2 Å². The van der Waals surface area contributed by atoms with Crippen LogP contribution in [0, 0.1) is 6.92 Å². The maximum absolute atomic E-state index is 12.4. The molecule has 0 aliphatic carbocycles. The largest absolute Gasteiger partial charge is 0.573 e. The van der Waals surface area contributed by atoms with E-state index in [0.717, 1.165) is 11.1 Å². The summed E-state index contributed by atoms with van der Waals surface area (Å²) in [4.78, 5) is 4.32. The van der Waals surface area contributed by atoms with Crippen molar-refractivity contribution in [3.05, 3.63) is 89.4 Å². The van der Waals surface area contributed by atoms with Gasteiger partial charge in [0.05, 0.1) is 12.7 Å². The average molecular weight is 533 g/mol. The summed E-state index contributed by atoms with van der Waals surface area (Å²) >= 11 is 0. The maximum Gasteiger partial charge on any atom is 0.573 e. The Hall–Kier alpha value is -3.93. The average Bonchev–Trinajstić information content (AvgIpc) is 3.54. The van der Waals surface area contributed by atoms with Crippen LogP contribution in [0.3, 0.4) is 0 Å². The molecular weight excluding hydrogens is 509 g/mol. The van der Waals surface area contributed by atoms with Crippen LogP contribution in [0.5, 0.6) is 11.5 Å². The Morgan fingerprint density at radius 1 is 1.11 bits per heavy atom. The van der Waals surface area contributed by atoms with Crippen molar-refractivity contribution in [2.45, 2.75) is 32.2 Å². The predicted octanol–water partition coefficient (Wildman–Crippen LogP) is 5.17. The lowest BCUT2D eigenvalue weighted by Crippen LogP contribution is -2.16. The number of alkyl halides is 3. The number of aromatic nitrogens is 4. The van der Waals surface area contributed by atoms with E-state index in [9.17, 15) is 17.4 Å². The van der Waals surface area contributed by atoms with Gasteiger partial charge in [-0.3, -0.25) is 8.89 Å². The fourth-order valence-electron chi connectivity index (χ4n) is 3.28. The molecule has 2 aromatic carbocycles. The minimum atomic E-state index is -4.73. The Kier molecular flexibility index (Phi) is 8.39. The molecule has 37 heavy (non-hydrogen) atoms. The molecule has 0 aliphatic heterocycles. The highest BCUT2D eigenvalue weighted by Gasteiger charge is 2.30. The number of nitrogens with zero attached hydrogens (tertiary/aromatic N) is 4. The monoisotopic (exact) mass is 532 g/mol. The van der Waals surface area contributed by atoms with E-state index < -0.39 is 17.2 Å². The van der Waals surface area contributed by atoms with Gasteiger partial charge in [0.25, 0.3) is 0 Å². The van der Waals surface area contributed by atoms with Crippen molar-refractivity contribution in [1.29, 1.82) is 0 Å². The molecule has 0 saturated heterocycles. The van der Waals surface area contributed by atoms with Crippen molar-refractivity contribution < 1.29 is 31.3 Å². The fraction of sp³-hybridized carbons (Fsp3) is 0.240. The van der Waals surface area contributed by atoms with Crippen LogP contribution in [-0.4, -0.2) is 36.3 Å². The Bertz CT molecular complexity index is 1350. The number of rotatable bonds is 11. The highest BCUT2D eigenvalue weighted by atomic mass is 32.2. The second kappa shape index (κ2) is 11.9. The van der Waals surface area contributed by atoms with E-state index in [4.69, 9.17) is 9.15 Å². The summed E-state index contributed by atoms with van der Waals surface area (Å²) in [6.07, 6.45) is 3.33. The number of halogens is 3. The summed E-state index contributed by atoms with van der Waals surface area (Å²) in [5, 5.41) is 7.61. The Balaban J connectivity index is 1.26. The Morgan fingerprint density at radius 3 is 2.59 bits per heavy atom. The molecule has 0 saturated carbocycles. The zero-order valence-electron chi connectivity index (χ0n) is 19.7. The zero-order valence-corrected chi connectivity index (χ0v) is 20.5. The van der Waals surface area contributed by atoms with E-state index in [0.29, 0.717) is 40.9 Å². The standard InChI is InChI=1S/C25H23F3N4O4S/c1-18-14-23(8-5-20(18)17-37(33)13-12-32-11-10-29-31-32)34-15-21-16-35-24(30-21)9-4-19-2-6-22(7-3-19)36-25(26,27)28/h2-11,14,16H,12-13,15,17H2,1H3. The van der Waals surface area contributed by atoms with Crippen molar-refractivity contribution in [3.8, 4) is 11.5 Å². The summed E-state index contributed by atoms with van der Waals surface area (Å²) in [6, 6.07) is 11.0. The molecule has 4 aromatic rings. The van der Waals surface area contributed by atoms with E-state index in [1.165, 1.54) is 30.5 Å². The van der Waals surface area contributed by atoms with Crippen molar-refractivity contribution >= 4 is 23.0 Å². The van der Waals surface area contributed by atoms with Crippen molar-refractivity contribution in [2.75, 3.05) is 5.75 Å². The molecule has 0 aliphatic rings. The van der Waals surface area contributed by atoms with E-state index >= 15 is 0 Å². The van der Waals surface area contributed by atoms with Gasteiger partial charge >= 0.3 is 6.36 Å². The summed E-state index contributed by atoms with van der Waals surface area (Å²) in [6.45, 7) is 2.67. The number of oxazole rings is 1. The normalized spacial score (nSPS) is 12.6. The highest BCUT2D eigenvalue weighted by molar-refractivity contribution is 7.84. The minimum absolute atomic E-state index is 0.184. The van der Waals surface area contributed by atoms with Crippen molar-refractivity contribution in [3.63, 3.8) is 0 Å². The van der Waals surface area contributed by atoms with Gasteiger partial charge in [0.2, 0.25) is 5.89 Å². The number of hydrogen-bond donors (Lipinski definition) is 0. The van der Waals surface area contributed by atoms with Crippen molar-refractivity contribution in [2.24, 2.45) is 0 Å². The summed E-state index contributed by atoms with van der Waals surface area (Å²) in [5.74, 6) is 1.62. The predicted molar refractivity (Wildman–Crippen MR) is 131 cm³/mol. The van der Waals surface area contributed by atoms with E-state index in [-0.39, 0.29) is 12.4 Å². The number of hydrogen-bond acceptors (Lipinski definition) is 7. The number of ether oxygens (including phenoxy) is 2. The molecule has 1 unspecified atom stereocenters. The van der Waals surface area contributed by atoms with Crippen LogP contribution in [0.15, 0.2) is 65.5 Å². The zero-order chi connectivity index (χ0) is 26.3. The van der Waals surface area contributed by atoms with Crippen LogP contribution >= 0.6 is 0 Å². The minimum Gasteiger partial charge on any atom is -0.487 e. The molecule has 8 nitrogen and oxygen atoms in total. The molecule has 2 aromatic heterocycles. The molecule has 0 spiro atoms. The van der Waals surface area contributed by atoms with Crippen LogP contribution in [0.1, 0.15) is 28.3 Å². The first-order valence-electron chi connectivity index (χ1n) is 11.1. The quantitative estimate of drug-likeness (QED) is 0.263. The third-order valence-corrected chi connectivity index (χ3v) is 6.41. The molecular formula is C25H23F3N4O4S. The third-order valence-electron chi connectivity index (χ3n) is 5.14. The lowest BCUT2D eigenvalue weighted by molar-refractivity contribution is -0.274. The second-order valence-electron chi connectivity index (χ2n) is 7.96. The molecule has 4 rings (SSSR count). The summed E-state index contributed by atoms with van der Waals surface area (Å²) in [5.41, 5.74) is 3.18. The Labute approximate surface area is 213 Å². The second-order valence-corrected chi connectivity index (χ2v) is 9.54. The summed E-state index contributed by atoms with van der Waals surface area (Å²) < 4.78 is 65.9. The number of aryl methyl sites for hydroxylation is 2. The lowest BCUT2D eigenvalue weighted by Gasteiger charge is -2.09. The molecule has 0 bridgehead atoms. The summed E-state index contributed by atoms with van der Waals surface area (Å²) in [7, 11) is -1.03. The molecule has 1 atom stereocenters. The van der Waals surface area contributed by atoms with Crippen LogP contribution in [-0.2, 0) is 29.7 Å². The SMILES string of the molecule is Cc1cc(OCc2coc(C=Cc3ccc(OC(F)(F)F)cc3)n2)ccc1CS(=O)CCn1ccnn1. The highest BCUT2D eigenvalue weighted by Crippen LogP contribution is 2.23.